The van der Waals surface area contributed by atoms with Gasteiger partial charge in [0, 0.05) is 11.1 Å². The van der Waals surface area contributed by atoms with Gasteiger partial charge in [0.05, 0.1) is 17.9 Å². The van der Waals surface area contributed by atoms with Gasteiger partial charge in [0.2, 0.25) is 0 Å². The fourth-order valence-corrected chi connectivity index (χ4v) is 5.23. The number of hydrogen-bond acceptors (Lipinski definition) is 9. The topological polar surface area (TPSA) is 115 Å². The maximum atomic E-state index is 15.1. The Morgan fingerprint density at radius 2 is 1.92 bits per heavy atom. The number of benzene rings is 2. The number of aliphatic hydroxyl groups excluding tert-OH is 1. The average molecular weight is 525 g/mol. The molecule has 2 aliphatic heterocycles. The monoisotopic (exact) mass is 524 g/mol. The first-order valence-electron chi connectivity index (χ1n) is 11.4. The Kier molecular flexibility index (Phi) is 6.38. The number of esters is 1. The Morgan fingerprint density at radius 3 is 2.65 bits per heavy atom. The van der Waals surface area contributed by atoms with Crippen molar-refractivity contribution in [2.45, 2.75) is 19.9 Å². The van der Waals surface area contributed by atoms with Gasteiger partial charge in [-0.1, -0.05) is 29.5 Å². The minimum atomic E-state index is -1.34. The highest BCUT2D eigenvalue weighted by Crippen LogP contribution is 2.45. The van der Waals surface area contributed by atoms with E-state index in [9.17, 15) is 19.5 Å². The Bertz CT molecular complexity index is 1460. The second-order valence-corrected chi connectivity index (χ2v) is 9.16. The van der Waals surface area contributed by atoms with Gasteiger partial charge in [-0.25, -0.2) is 14.2 Å². The zero-order valence-electron chi connectivity index (χ0n) is 19.8. The van der Waals surface area contributed by atoms with Crippen LogP contribution in [-0.2, 0) is 14.3 Å². The van der Waals surface area contributed by atoms with E-state index in [2.05, 4.69) is 4.98 Å². The Morgan fingerprint density at radius 1 is 1.19 bits per heavy atom. The van der Waals surface area contributed by atoms with Gasteiger partial charge >= 0.3 is 11.9 Å². The zero-order chi connectivity index (χ0) is 26.3. The molecule has 9 nitrogen and oxygen atoms in total. The lowest BCUT2D eigenvalue weighted by Crippen LogP contribution is -2.29. The molecule has 5 rings (SSSR count). The smallest absolute Gasteiger partial charge is 0.350 e. The molecule has 37 heavy (non-hydrogen) atoms. The summed E-state index contributed by atoms with van der Waals surface area (Å²) in [4.78, 5) is 44.5. The van der Waals surface area contributed by atoms with Crippen LogP contribution in [0.2, 0.25) is 0 Å². The lowest BCUT2D eigenvalue weighted by atomic mass is 9.95. The molecule has 1 N–H and O–H groups in total. The predicted molar refractivity (Wildman–Crippen MR) is 131 cm³/mol. The summed E-state index contributed by atoms with van der Waals surface area (Å²) in [6.07, 6.45) is 0. The molecular weight excluding hydrogens is 503 g/mol. The Balaban J connectivity index is 1.68. The van der Waals surface area contributed by atoms with E-state index in [4.69, 9.17) is 14.2 Å². The Labute approximate surface area is 214 Å². The molecule has 11 heteroatoms. The van der Waals surface area contributed by atoms with E-state index in [1.54, 1.807) is 26.0 Å². The molecule has 0 saturated carbocycles. The van der Waals surface area contributed by atoms with E-state index in [0.717, 1.165) is 16.2 Å². The number of fused-ring (bicyclic) bond motifs is 1. The molecular formula is C26H21FN2O7S. The van der Waals surface area contributed by atoms with Crippen LogP contribution in [0.15, 0.2) is 48.0 Å². The number of carbonyl (C=O) groups excluding carboxylic acids is 3. The van der Waals surface area contributed by atoms with Crippen LogP contribution in [0.5, 0.6) is 11.5 Å². The van der Waals surface area contributed by atoms with Gasteiger partial charge in [0.25, 0.3) is 5.78 Å². The van der Waals surface area contributed by atoms with Crippen molar-refractivity contribution in [1.29, 1.82) is 0 Å². The molecule has 190 valence electrons. The molecule has 0 bridgehead atoms. The first-order chi connectivity index (χ1) is 17.8. The summed E-state index contributed by atoms with van der Waals surface area (Å²) < 4.78 is 31.2. The third-order valence-electron chi connectivity index (χ3n) is 5.91. The number of amides is 1. The number of hydrogen-bond donors (Lipinski definition) is 1. The second kappa shape index (κ2) is 9.66. The lowest BCUT2D eigenvalue weighted by Gasteiger charge is -2.23. The average Bonchev–Trinajstić information content (AvgIpc) is 3.40. The number of Topliss-reactive ketones (excluding diaryl/α,β-unsaturated/α-hetero) is 1. The highest BCUT2D eigenvalue weighted by atomic mass is 32.1. The van der Waals surface area contributed by atoms with Crippen molar-refractivity contribution >= 4 is 39.9 Å². The largest absolute Gasteiger partial charge is 0.507 e. The maximum absolute atomic E-state index is 15.1. The maximum Gasteiger partial charge on any atom is 0.350 e. The summed E-state index contributed by atoms with van der Waals surface area (Å²) in [6, 6.07) is 8.88. The van der Waals surface area contributed by atoms with Crippen LogP contribution in [0.25, 0.3) is 5.76 Å². The first-order valence-corrected chi connectivity index (χ1v) is 12.2. The number of aryl methyl sites for hydroxylation is 1. The quantitative estimate of drug-likeness (QED) is 0.229. The normalized spacial score (nSPS) is 18.2. The van der Waals surface area contributed by atoms with Gasteiger partial charge in [-0.05, 0) is 38.1 Å². The summed E-state index contributed by atoms with van der Waals surface area (Å²) in [7, 11) is 0. The number of carbonyl (C=O) groups is 3. The fourth-order valence-electron chi connectivity index (χ4n) is 4.24. The van der Waals surface area contributed by atoms with Crippen LogP contribution < -0.4 is 14.4 Å². The summed E-state index contributed by atoms with van der Waals surface area (Å²) in [5.41, 5.74) is 0.134. The molecule has 1 saturated heterocycles. The van der Waals surface area contributed by atoms with Crippen molar-refractivity contribution in [2.24, 2.45) is 0 Å². The van der Waals surface area contributed by atoms with E-state index in [1.807, 2.05) is 0 Å². The molecule has 1 amide bonds. The van der Waals surface area contributed by atoms with Gasteiger partial charge in [-0.3, -0.25) is 14.5 Å². The summed E-state index contributed by atoms with van der Waals surface area (Å²) >= 11 is 0.847. The second-order valence-electron chi connectivity index (χ2n) is 8.18. The van der Waals surface area contributed by atoms with E-state index < -0.39 is 35.3 Å². The van der Waals surface area contributed by atoms with Crippen molar-refractivity contribution < 1.29 is 38.1 Å². The van der Waals surface area contributed by atoms with Crippen LogP contribution in [-0.4, -0.2) is 47.6 Å². The minimum Gasteiger partial charge on any atom is -0.507 e. The Hall–Kier alpha value is -4.25. The third-order valence-corrected chi connectivity index (χ3v) is 7.05. The molecule has 2 aromatic carbocycles. The molecule has 1 fully saturated rings. The zero-order valence-corrected chi connectivity index (χ0v) is 20.6. The molecule has 3 heterocycles. The lowest BCUT2D eigenvalue weighted by molar-refractivity contribution is -0.132. The van der Waals surface area contributed by atoms with Gasteiger partial charge in [0.1, 0.15) is 35.7 Å². The van der Waals surface area contributed by atoms with Crippen LogP contribution in [0, 0.1) is 12.7 Å². The molecule has 1 unspecified atom stereocenters. The van der Waals surface area contributed by atoms with Gasteiger partial charge in [-0.15, -0.1) is 0 Å². The van der Waals surface area contributed by atoms with Gasteiger partial charge in [-0.2, -0.15) is 0 Å². The highest BCUT2D eigenvalue weighted by molar-refractivity contribution is 7.17. The number of ketones is 1. The number of aliphatic hydroxyl groups is 1. The predicted octanol–water partition coefficient (Wildman–Crippen LogP) is 4.16. The molecule has 0 spiro atoms. The number of nitrogens with zero attached hydrogens (tertiary/aromatic N) is 2. The SMILES string of the molecule is CCOC(=O)c1sc(N2C(=O)C(=O)/C(=C(\O)c3ccc4c(c3)OCCO4)C2c2ccccc2F)nc1C. The highest BCUT2D eigenvalue weighted by Gasteiger charge is 2.49. The van der Waals surface area contributed by atoms with Crippen molar-refractivity contribution in [3.63, 3.8) is 0 Å². The van der Waals surface area contributed by atoms with Crippen molar-refractivity contribution in [3.8, 4) is 11.5 Å². The molecule has 0 aliphatic carbocycles. The van der Waals surface area contributed by atoms with Gasteiger partial charge < -0.3 is 19.3 Å². The fraction of sp³-hybridized carbons (Fsp3) is 0.231. The van der Waals surface area contributed by atoms with Crippen LogP contribution in [0.1, 0.15) is 39.5 Å². The molecule has 1 atom stereocenters. The molecule has 3 aromatic rings. The van der Waals surface area contributed by atoms with Crippen LogP contribution in [0.4, 0.5) is 9.52 Å². The van der Waals surface area contributed by atoms with Crippen molar-refractivity contribution in [1.82, 2.24) is 4.98 Å². The number of halogens is 1. The van der Waals surface area contributed by atoms with E-state index in [0.29, 0.717) is 30.4 Å². The standard InChI is InChI=1S/C26H21FN2O7S/c1-3-34-25(33)23-13(2)28-26(37-23)29-20(15-6-4-5-7-16(15)27)19(22(31)24(29)32)21(30)14-8-9-17-18(12-14)36-11-10-35-17/h4-9,12,20,30H,3,10-11H2,1-2H3/b21-19-. The minimum absolute atomic E-state index is 0.00266. The number of rotatable bonds is 5. The van der Waals surface area contributed by atoms with Gasteiger partial charge in [0.15, 0.2) is 16.6 Å². The molecule has 0 radical (unpaired) electrons. The molecule has 1 aromatic heterocycles. The third kappa shape index (κ3) is 4.20. The number of thiazole rings is 1. The van der Waals surface area contributed by atoms with E-state index in [-0.39, 0.29) is 33.3 Å². The number of aromatic nitrogens is 1. The summed E-state index contributed by atoms with van der Waals surface area (Å²) in [5, 5.41) is 11.3. The van der Waals surface area contributed by atoms with Crippen molar-refractivity contribution in [3.05, 3.63) is 75.6 Å². The van der Waals surface area contributed by atoms with Crippen LogP contribution >= 0.6 is 11.3 Å². The van der Waals surface area contributed by atoms with E-state index >= 15 is 4.39 Å². The number of ether oxygens (including phenoxy) is 3. The van der Waals surface area contributed by atoms with Crippen LogP contribution in [0.3, 0.4) is 0 Å². The summed E-state index contributed by atoms with van der Waals surface area (Å²) in [5.74, 6) is -3.03. The van der Waals surface area contributed by atoms with E-state index in [1.165, 1.54) is 30.3 Å². The number of anilines is 1. The first kappa shape index (κ1) is 24.4. The van der Waals surface area contributed by atoms with Crippen molar-refractivity contribution in [2.75, 3.05) is 24.7 Å². The molecule has 2 aliphatic rings. The summed E-state index contributed by atoms with van der Waals surface area (Å²) in [6.45, 7) is 4.04.